The highest BCUT2D eigenvalue weighted by Crippen LogP contribution is 2.29. The Morgan fingerprint density at radius 3 is 2.25 bits per heavy atom. The summed E-state index contributed by atoms with van der Waals surface area (Å²) in [4.78, 5) is 29.5. The first kappa shape index (κ1) is 24.9. The summed E-state index contributed by atoms with van der Waals surface area (Å²) < 4.78 is 16.1. The summed E-state index contributed by atoms with van der Waals surface area (Å²) >= 11 is 1.27. The van der Waals surface area contributed by atoms with Crippen LogP contribution in [0.25, 0.3) is 6.08 Å². The number of rotatable bonds is 9. The average Bonchev–Trinajstić information content (AvgIpc) is 3.23. The van der Waals surface area contributed by atoms with Crippen LogP contribution in [0.1, 0.15) is 12.5 Å². The Morgan fingerprint density at radius 1 is 0.944 bits per heavy atom. The molecule has 1 fully saturated rings. The first-order chi connectivity index (χ1) is 17.5. The molecule has 4 rings (SSSR count). The maximum atomic E-state index is 12.3. The predicted molar refractivity (Wildman–Crippen MR) is 142 cm³/mol. The summed E-state index contributed by atoms with van der Waals surface area (Å²) in [6.07, 6.45) is 1.78. The van der Waals surface area contributed by atoms with Crippen molar-refractivity contribution >= 4 is 46.2 Å². The van der Waals surface area contributed by atoms with Crippen molar-refractivity contribution in [2.24, 2.45) is 4.99 Å². The molecule has 3 aromatic rings. The van der Waals surface area contributed by atoms with Crippen molar-refractivity contribution in [3.63, 3.8) is 0 Å². The van der Waals surface area contributed by atoms with Gasteiger partial charge in [0.15, 0.2) is 11.8 Å². The number of aliphatic imine (C=N–C) groups is 1. The molecule has 1 aliphatic rings. The highest BCUT2D eigenvalue weighted by Gasteiger charge is 2.23. The quantitative estimate of drug-likeness (QED) is 0.399. The summed E-state index contributed by atoms with van der Waals surface area (Å²) in [6.45, 7) is 2.37. The van der Waals surface area contributed by atoms with Crippen LogP contribution < -0.4 is 24.8 Å². The number of hydrogen-bond donors (Lipinski definition) is 2. The predicted octanol–water partition coefficient (Wildman–Crippen LogP) is 5.00. The monoisotopic (exact) mass is 503 g/mol. The van der Waals surface area contributed by atoms with Crippen LogP contribution in [-0.4, -0.2) is 37.3 Å². The van der Waals surface area contributed by atoms with Crippen LogP contribution in [0, 0.1) is 0 Å². The van der Waals surface area contributed by atoms with E-state index in [-0.39, 0.29) is 18.4 Å². The molecular weight excluding hydrogens is 478 g/mol. The van der Waals surface area contributed by atoms with Gasteiger partial charge < -0.3 is 24.8 Å². The summed E-state index contributed by atoms with van der Waals surface area (Å²) in [6, 6.07) is 21.5. The Bertz CT molecular complexity index is 1270. The lowest BCUT2D eigenvalue weighted by Crippen LogP contribution is -2.20. The van der Waals surface area contributed by atoms with Crippen LogP contribution in [0.15, 0.2) is 82.7 Å². The van der Waals surface area contributed by atoms with E-state index < -0.39 is 0 Å². The van der Waals surface area contributed by atoms with E-state index in [4.69, 9.17) is 14.2 Å². The largest absolute Gasteiger partial charge is 0.497 e. The number of methoxy groups -OCH3 is 1. The van der Waals surface area contributed by atoms with Crippen LogP contribution in [0.2, 0.25) is 0 Å². The number of nitrogens with zero attached hydrogens (tertiary/aromatic N) is 1. The maximum Gasteiger partial charge on any atom is 0.264 e. The molecule has 184 valence electrons. The second-order valence-electron chi connectivity index (χ2n) is 7.54. The number of anilines is 1. The molecule has 8 nitrogen and oxygen atoms in total. The van der Waals surface area contributed by atoms with Gasteiger partial charge in [0.2, 0.25) is 0 Å². The van der Waals surface area contributed by atoms with Crippen molar-refractivity contribution in [3.8, 4) is 17.2 Å². The molecule has 0 radical (unpaired) electrons. The van der Waals surface area contributed by atoms with E-state index in [0.29, 0.717) is 33.8 Å². The Hall–Kier alpha value is -4.24. The van der Waals surface area contributed by atoms with E-state index in [1.807, 2.05) is 43.3 Å². The van der Waals surface area contributed by atoms with Gasteiger partial charge in [-0.2, -0.15) is 0 Å². The summed E-state index contributed by atoms with van der Waals surface area (Å²) in [5.74, 6) is 1.55. The minimum Gasteiger partial charge on any atom is -0.497 e. The molecule has 0 unspecified atom stereocenters. The molecule has 36 heavy (non-hydrogen) atoms. The zero-order valence-corrected chi connectivity index (χ0v) is 20.6. The third-order valence-electron chi connectivity index (χ3n) is 4.95. The van der Waals surface area contributed by atoms with Gasteiger partial charge in [-0.3, -0.25) is 9.59 Å². The average molecular weight is 504 g/mol. The lowest BCUT2D eigenvalue weighted by Gasteiger charge is -2.09. The summed E-state index contributed by atoms with van der Waals surface area (Å²) in [7, 11) is 1.60. The molecule has 2 N–H and O–H groups in total. The van der Waals surface area contributed by atoms with Crippen LogP contribution in [0.3, 0.4) is 0 Å². The van der Waals surface area contributed by atoms with Gasteiger partial charge >= 0.3 is 0 Å². The van der Waals surface area contributed by atoms with E-state index in [1.165, 1.54) is 11.8 Å². The third kappa shape index (κ3) is 6.89. The lowest BCUT2D eigenvalue weighted by molar-refractivity contribution is -0.118. The molecule has 2 amide bonds. The molecule has 0 aliphatic carbocycles. The van der Waals surface area contributed by atoms with Crippen LogP contribution >= 0.6 is 11.8 Å². The first-order valence-corrected chi connectivity index (χ1v) is 12.0. The fraction of sp³-hybridized carbons (Fsp3) is 0.148. The zero-order valence-electron chi connectivity index (χ0n) is 19.8. The minimum atomic E-state index is -0.270. The van der Waals surface area contributed by atoms with Gasteiger partial charge in [0.05, 0.1) is 24.3 Å². The van der Waals surface area contributed by atoms with E-state index in [9.17, 15) is 9.59 Å². The number of nitrogens with one attached hydrogen (secondary N) is 2. The summed E-state index contributed by atoms with van der Waals surface area (Å²) in [5, 5.41) is 6.06. The van der Waals surface area contributed by atoms with E-state index in [2.05, 4.69) is 15.6 Å². The van der Waals surface area contributed by atoms with Crippen molar-refractivity contribution in [1.82, 2.24) is 5.32 Å². The molecule has 0 spiro atoms. The fourth-order valence-corrected chi connectivity index (χ4v) is 4.06. The smallest absolute Gasteiger partial charge is 0.264 e. The molecule has 1 saturated heterocycles. The van der Waals surface area contributed by atoms with Gasteiger partial charge in [-0.15, -0.1) is 0 Å². The number of hydrogen-bond acceptors (Lipinski definition) is 7. The van der Waals surface area contributed by atoms with Crippen LogP contribution in [0.5, 0.6) is 17.2 Å². The molecule has 0 saturated carbocycles. The molecular formula is C27H25N3O5S. The van der Waals surface area contributed by atoms with Gasteiger partial charge in [0, 0.05) is 5.69 Å². The number of thioether (sulfide) groups is 1. The number of benzene rings is 3. The molecule has 1 heterocycles. The maximum absolute atomic E-state index is 12.3. The Kier molecular flexibility index (Phi) is 8.25. The normalized spacial score (nSPS) is 15.0. The third-order valence-corrected chi connectivity index (χ3v) is 5.86. The molecule has 0 atom stereocenters. The molecule has 9 heteroatoms. The van der Waals surface area contributed by atoms with Gasteiger partial charge in [0.25, 0.3) is 11.8 Å². The van der Waals surface area contributed by atoms with Gasteiger partial charge in [-0.05, 0) is 91.0 Å². The van der Waals surface area contributed by atoms with Gasteiger partial charge in [-0.25, -0.2) is 4.99 Å². The minimum absolute atomic E-state index is 0.128. The van der Waals surface area contributed by atoms with E-state index in [0.717, 1.165) is 17.1 Å². The van der Waals surface area contributed by atoms with Crippen molar-refractivity contribution < 1.29 is 23.8 Å². The van der Waals surface area contributed by atoms with Crippen molar-refractivity contribution in [2.75, 3.05) is 25.6 Å². The molecule has 1 aliphatic heterocycles. The second-order valence-corrected chi connectivity index (χ2v) is 8.57. The SMILES string of the molecule is CCOc1ccc(NC(=O)COc2ccc(/C=C3\SC(=Nc4ccc(OC)cc4)NC3=O)cc2)cc1. The number of carbonyl (C=O) groups is 2. The lowest BCUT2D eigenvalue weighted by atomic mass is 10.2. The van der Waals surface area contributed by atoms with Gasteiger partial charge in [-0.1, -0.05) is 12.1 Å². The molecule has 0 bridgehead atoms. The van der Waals surface area contributed by atoms with Crippen LogP contribution in [0.4, 0.5) is 11.4 Å². The van der Waals surface area contributed by atoms with Crippen molar-refractivity contribution in [1.29, 1.82) is 0 Å². The first-order valence-electron chi connectivity index (χ1n) is 11.2. The topological polar surface area (TPSA) is 98.2 Å². The van der Waals surface area contributed by atoms with E-state index in [1.54, 1.807) is 49.6 Å². The Balaban J connectivity index is 1.30. The van der Waals surface area contributed by atoms with Gasteiger partial charge in [0.1, 0.15) is 17.2 Å². The van der Waals surface area contributed by atoms with E-state index >= 15 is 0 Å². The number of ether oxygens (including phenoxy) is 3. The number of carbonyl (C=O) groups excluding carboxylic acids is 2. The van der Waals surface area contributed by atoms with Crippen LogP contribution in [-0.2, 0) is 9.59 Å². The van der Waals surface area contributed by atoms with Crippen molar-refractivity contribution in [2.45, 2.75) is 6.92 Å². The second kappa shape index (κ2) is 11.9. The van der Waals surface area contributed by atoms with Crippen molar-refractivity contribution in [3.05, 3.63) is 83.3 Å². The number of amidine groups is 1. The highest BCUT2D eigenvalue weighted by molar-refractivity contribution is 8.18. The standard InChI is InChI=1S/C27H25N3O5S/c1-3-34-22-14-8-19(9-15-22)28-25(31)17-35-23-10-4-18(5-11-23)16-24-26(32)30-27(36-24)29-20-6-12-21(33-2)13-7-20/h4-16H,3,17H2,1-2H3,(H,28,31)(H,29,30,32)/b24-16-. The fourth-order valence-electron chi connectivity index (χ4n) is 3.21. The highest BCUT2D eigenvalue weighted by atomic mass is 32.2. The molecule has 3 aromatic carbocycles. The Morgan fingerprint density at radius 2 is 1.58 bits per heavy atom. The Labute approximate surface area is 213 Å². The molecule has 0 aromatic heterocycles. The number of amides is 2. The summed E-state index contributed by atoms with van der Waals surface area (Å²) in [5.41, 5.74) is 2.20. The zero-order chi connectivity index (χ0) is 25.3.